The summed E-state index contributed by atoms with van der Waals surface area (Å²) in [6.45, 7) is 59.1. The van der Waals surface area contributed by atoms with E-state index in [1.807, 2.05) is 20.8 Å². The van der Waals surface area contributed by atoms with Crippen LogP contribution in [0.2, 0.25) is 0 Å². The van der Waals surface area contributed by atoms with Gasteiger partial charge in [0.15, 0.2) is 0 Å². The van der Waals surface area contributed by atoms with Crippen LogP contribution in [0.5, 0.6) is 0 Å². The maximum atomic E-state index is 11.1. The van der Waals surface area contributed by atoms with Crippen molar-refractivity contribution in [1.29, 1.82) is 0 Å². The molecule has 0 saturated carbocycles. The third kappa shape index (κ3) is 41.9. The van der Waals surface area contributed by atoms with Crippen molar-refractivity contribution < 1.29 is 14.3 Å². The zero-order valence-corrected chi connectivity index (χ0v) is 43.2. The highest BCUT2D eigenvalue weighted by molar-refractivity contribution is 5.80. The smallest absolute Gasteiger partial charge is 0.227 e. The van der Waals surface area contributed by atoms with Gasteiger partial charge in [0.05, 0.1) is 6.61 Å². The van der Waals surface area contributed by atoms with Gasteiger partial charge in [-0.05, 0) is 57.4 Å². The second-order valence-corrected chi connectivity index (χ2v) is 24.8. The molecule has 0 aliphatic heterocycles. The third-order valence-corrected chi connectivity index (χ3v) is 10.1. The highest BCUT2D eigenvalue weighted by Gasteiger charge is 2.32. The predicted octanol–water partition coefficient (Wildman–Crippen LogP) is 13.1. The van der Waals surface area contributed by atoms with Gasteiger partial charge in [0.1, 0.15) is 0 Å². The molecule has 0 aliphatic rings. The third-order valence-electron chi connectivity index (χ3n) is 10.1. The number of methoxy groups -OCH3 is 1. The standard InChI is InChI=1S/C9H20O.C8H17NO.2C8H18.C7H15NO.C7H17N/c1-8(2,3)9(4,5)7-10-6;1-8(2,3)6-7(10)9(4)5;2*1-7(2,3)8(4,5)6;1-7(2,3)6(9)8(4)5;1-7(2,3)6-8(4)5/h7H2,1-6H3;6H2,1-5H3;2*1-6H3;1-5H3;6H2,1-5H3. The molecule has 2 amide bonds. The van der Waals surface area contributed by atoms with Gasteiger partial charge in [0.25, 0.3) is 0 Å². The molecule has 0 aromatic rings. The van der Waals surface area contributed by atoms with Gasteiger partial charge in [-0.25, -0.2) is 0 Å². The predicted molar refractivity (Wildman–Crippen MR) is 242 cm³/mol. The van der Waals surface area contributed by atoms with E-state index in [1.165, 1.54) is 0 Å². The molecule has 53 heavy (non-hydrogen) atoms. The lowest BCUT2D eigenvalue weighted by molar-refractivity contribution is -0.136. The minimum atomic E-state index is -0.233. The van der Waals surface area contributed by atoms with Crippen LogP contribution in [0.25, 0.3) is 0 Å². The number of hydrogen-bond donors (Lipinski definition) is 0. The Balaban J connectivity index is -0.000000125. The van der Waals surface area contributed by atoms with Crippen LogP contribution in [0.3, 0.4) is 0 Å². The van der Waals surface area contributed by atoms with E-state index in [1.54, 1.807) is 45.1 Å². The molecule has 0 aromatic heterocycles. The van der Waals surface area contributed by atoms with E-state index in [9.17, 15) is 9.59 Å². The fourth-order valence-corrected chi connectivity index (χ4v) is 2.81. The van der Waals surface area contributed by atoms with Crippen LogP contribution in [-0.2, 0) is 14.3 Å². The largest absolute Gasteiger partial charge is 0.384 e. The molecular formula is C47H105N3O3. The van der Waals surface area contributed by atoms with Gasteiger partial charge in [-0.1, -0.05) is 180 Å². The Kier molecular flexibility index (Phi) is 29.5. The Morgan fingerprint density at radius 3 is 0.755 bits per heavy atom. The van der Waals surface area contributed by atoms with E-state index < -0.39 is 0 Å². The number of amides is 2. The molecular weight excluding hydrogens is 655 g/mol. The highest BCUT2D eigenvalue weighted by Crippen LogP contribution is 2.38. The lowest BCUT2D eigenvalue weighted by Crippen LogP contribution is -2.33. The van der Waals surface area contributed by atoms with E-state index in [4.69, 9.17) is 4.74 Å². The van der Waals surface area contributed by atoms with Crippen LogP contribution in [0, 0.1) is 48.7 Å². The molecule has 0 spiro atoms. The first-order valence-corrected chi connectivity index (χ1v) is 20.0. The first-order valence-electron chi connectivity index (χ1n) is 20.0. The lowest BCUT2D eigenvalue weighted by atomic mass is 9.70. The van der Waals surface area contributed by atoms with Crippen LogP contribution in [-0.4, -0.2) is 89.1 Å². The minimum Gasteiger partial charge on any atom is -0.384 e. The normalized spacial score (nSPS) is 12.9. The summed E-state index contributed by atoms with van der Waals surface area (Å²) >= 11 is 0. The van der Waals surface area contributed by atoms with E-state index in [-0.39, 0.29) is 28.1 Å². The van der Waals surface area contributed by atoms with Crippen molar-refractivity contribution in [1.82, 2.24) is 14.7 Å². The van der Waals surface area contributed by atoms with Gasteiger partial charge in [-0.3, -0.25) is 9.59 Å². The topological polar surface area (TPSA) is 53.1 Å². The fourth-order valence-electron chi connectivity index (χ4n) is 2.81. The molecule has 0 aromatic carbocycles. The second-order valence-electron chi connectivity index (χ2n) is 24.8. The molecule has 6 nitrogen and oxygen atoms in total. The number of rotatable bonds is 4. The Labute approximate surface area is 337 Å². The average Bonchev–Trinajstić information content (AvgIpc) is 2.79. The number of nitrogens with zero attached hydrogens (tertiary/aromatic N) is 3. The van der Waals surface area contributed by atoms with Crippen LogP contribution in [0.1, 0.15) is 186 Å². The number of ether oxygens (including phenoxy) is 1. The number of carbonyl (C=O) groups is 2. The van der Waals surface area contributed by atoms with Crippen molar-refractivity contribution in [3.63, 3.8) is 0 Å². The summed E-state index contributed by atoms with van der Waals surface area (Å²) in [6.07, 6.45) is 0.625. The van der Waals surface area contributed by atoms with Gasteiger partial charge < -0.3 is 19.4 Å². The van der Waals surface area contributed by atoms with Crippen molar-refractivity contribution >= 4 is 11.8 Å². The summed E-state index contributed by atoms with van der Waals surface area (Å²) in [6, 6.07) is 0. The van der Waals surface area contributed by atoms with Crippen molar-refractivity contribution in [3.05, 3.63) is 0 Å². The first-order chi connectivity index (χ1) is 22.4. The van der Waals surface area contributed by atoms with E-state index in [2.05, 4.69) is 178 Å². The van der Waals surface area contributed by atoms with Gasteiger partial charge in [-0.15, -0.1) is 0 Å². The average molecular weight is 760 g/mol. The maximum Gasteiger partial charge on any atom is 0.227 e. The maximum absolute atomic E-state index is 11.1. The highest BCUT2D eigenvalue weighted by atomic mass is 16.5. The molecule has 326 valence electrons. The van der Waals surface area contributed by atoms with Crippen LogP contribution >= 0.6 is 0 Å². The van der Waals surface area contributed by atoms with Crippen LogP contribution in [0.4, 0.5) is 0 Å². The molecule has 0 rings (SSSR count). The molecule has 6 heteroatoms. The first kappa shape index (κ1) is 63.8. The Morgan fingerprint density at radius 2 is 0.717 bits per heavy atom. The second kappa shape index (κ2) is 24.5. The van der Waals surface area contributed by atoms with Crippen molar-refractivity contribution in [2.75, 3.05) is 62.5 Å². The Morgan fingerprint density at radius 1 is 0.434 bits per heavy atom. The van der Waals surface area contributed by atoms with Gasteiger partial charge in [0, 0.05) is 53.7 Å². The van der Waals surface area contributed by atoms with Gasteiger partial charge in [0.2, 0.25) is 11.8 Å². The van der Waals surface area contributed by atoms with Gasteiger partial charge >= 0.3 is 0 Å². The van der Waals surface area contributed by atoms with Crippen LogP contribution in [0.15, 0.2) is 0 Å². The van der Waals surface area contributed by atoms with Crippen molar-refractivity contribution in [2.24, 2.45) is 48.7 Å². The molecule has 0 heterocycles. The van der Waals surface area contributed by atoms with E-state index >= 15 is 0 Å². The Bertz CT molecular complexity index is 887. The lowest BCUT2D eigenvalue weighted by Gasteiger charge is -2.38. The quantitative estimate of drug-likeness (QED) is 0.286. The fraction of sp³-hybridized carbons (Fsp3) is 0.957. The summed E-state index contributed by atoms with van der Waals surface area (Å²) in [7, 11) is 13.1. The zero-order chi connectivity index (χ0) is 45.2. The Hall–Kier alpha value is -1.14. The minimum absolute atomic E-state index is 0.112. The molecule has 0 unspecified atom stereocenters. The molecule has 0 radical (unpaired) electrons. The van der Waals surface area contributed by atoms with E-state index in [0.29, 0.717) is 38.9 Å². The monoisotopic (exact) mass is 760 g/mol. The van der Waals surface area contributed by atoms with Crippen LogP contribution < -0.4 is 0 Å². The van der Waals surface area contributed by atoms with E-state index in [0.717, 1.165) is 13.2 Å². The molecule has 0 atom stereocenters. The summed E-state index contributed by atoms with van der Waals surface area (Å²) in [5, 5.41) is 0. The summed E-state index contributed by atoms with van der Waals surface area (Å²) in [4.78, 5) is 27.6. The van der Waals surface area contributed by atoms with Crippen molar-refractivity contribution in [2.45, 2.75) is 186 Å². The number of carbonyl (C=O) groups excluding carboxylic acids is 2. The van der Waals surface area contributed by atoms with Gasteiger partial charge in [-0.2, -0.15) is 0 Å². The molecule has 0 N–H and O–H groups in total. The SMILES string of the molecule is CC(C)(C)C(C)(C)C.CC(C)(C)C(C)(C)C.CN(C)C(=O)C(C)(C)C.CN(C)C(=O)CC(C)(C)C.CN(C)CC(C)(C)C.COCC(C)(C)C(C)(C)C. The number of hydrogen-bond acceptors (Lipinski definition) is 4. The molecule has 0 aliphatic carbocycles. The summed E-state index contributed by atoms with van der Waals surface area (Å²) < 4.78 is 5.13. The molecule has 0 fully saturated rings. The summed E-state index contributed by atoms with van der Waals surface area (Å²) in [5.74, 6) is 0.370. The molecule has 0 saturated heterocycles. The molecule has 0 bridgehead atoms. The zero-order valence-electron chi connectivity index (χ0n) is 43.2. The summed E-state index contributed by atoms with van der Waals surface area (Å²) in [5.41, 5.74) is 2.67. The van der Waals surface area contributed by atoms with Crippen molar-refractivity contribution in [3.8, 4) is 0 Å².